The number of nitrogens with zero attached hydrogens (tertiary/aromatic N) is 1. The molecule has 2 N–H and O–H groups in total. The zero-order valence-electron chi connectivity index (χ0n) is 15.4. The number of nitrogens with one attached hydrogen (secondary N) is 2. The normalized spacial score (nSPS) is 10.7. The molecule has 0 fully saturated rings. The summed E-state index contributed by atoms with van der Waals surface area (Å²) in [5, 5.41) is 5.62. The number of likely N-dealkylation sites (N-methyl/N-ethyl adjacent to an activating group) is 1. The van der Waals surface area contributed by atoms with Crippen molar-refractivity contribution in [2.75, 3.05) is 25.0 Å². The van der Waals surface area contributed by atoms with E-state index >= 15 is 0 Å². The predicted octanol–water partition coefficient (Wildman–Crippen LogP) is 3.47. The van der Waals surface area contributed by atoms with E-state index in [1.165, 1.54) is 12.1 Å². The van der Waals surface area contributed by atoms with Crippen LogP contribution in [0.1, 0.15) is 18.1 Å². The van der Waals surface area contributed by atoms with Gasteiger partial charge in [0.15, 0.2) is 0 Å². The van der Waals surface area contributed by atoms with Gasteiger partial charge >= 0.3 is 0 Å². The van der Waals surface area contributed by atoms with E-state index in [1.807, 2.05) is 32.0 Å². The molecule has 0 heterocycles. The van der Waals surface area contributed by atoms with Crippen molar-refractivity contribution in [2.24, 2.45) is 0 Å². The van der Waals surface area contributed by atoms with Crippen LogP contribution in [-0.2, 0) is 16.1 Å². The van der Waals surface area contributed by atoms with Gasteiger partial charge in [0.2, 0.25) is 11.8 Å². The first-order chi connectivity index (χ1) is 12.9. The number of benzene rings is 2. The number of amides is 2. The van der Waals surface area contributed by atoms with E-state index < -0.39 is 0 Å². The van der Waals surface area contributed by atoms with Crippen LogP contribution in [0.3, 0.4) is 0 Å². The summed E-state index contributed by atoms with van der Waals surface area (Å²) in [6.07, 6.45) is 0. The Morgan fingerprint density at radius 2 is 1.74 bits per heavy atom. The number of halogens is 2. The van der Waals surface area contributed by atoms with E-state index in [4.69, 9.17) is 0 Å². The molecule has 0 aliphatic carbocycles. The van der Waals surface area contributed by atoms with Crippen LogP contribution in [0, 0.1) is 12.7 Å². The zero-order valence-corrected chi connectivity index (χ0v) is 17.0. The minimum absolute atomic E-state index is 0.111. The fourth-order valence-corrected chi connectivity index (χ4v) is 3.05. The van der Waals surface area contributed by atoms with Crippen LogP contribution in [0.2, 0.25) is 0 Å². The van der Waals surface area contributed by atoms with Crippen molar-refractivity contribution in [3.8, 4) is 0 Å². The maximum Gasteiger partial charge on any atom is 0.238 e. The lowest BCUT2D eigenvalue weighted by Crippen LogP contribution is -2.40. The Labute approximate surface area is 167 Å². The number of carbonyl (C=O) groups is 2. The third-order valence-corrected chi connectivity index (χ3v) is 4.64. The molecular weight excluding hydrogens is 413 g/mol. The van der Waals surface area contributed by atoms with Crippen LogP contribution in [0.15, 0.2) is 46.9 Å². The molecule has 5 nitrogen and oxygen atoms in total. The van der Waals surface area contributed by atoms with Crippen molar-refractivity contribution in [1.29, 1.82) is 0 Å². The van der Waals surface area contributed by atoms with Gasteiger partial charge in [0.1, 0.15) is 5.82 Å². The molecule has 0 aromatic heterocycles. The standard InChI is InChI=1S/C20H23BrFN3O2/c1-3-25(12-19(26)23-11-15-5-7-16(22)8-6-15)13-20(27)24-18-9-4-14(2)10-17(18)21/h4-10H,3,11-13H2,1-2H3,(H,23,26)(H,24,27). The smallest absolute Gasteiger partial charge is 0.238 e. The van der Waals surface area contributed by atoms with Crippen molar-refractivity contribution < 1.29 is 14.0 Å². The first-order valence-electron chi connectivity index (χ1n) is 8.67. The highest BCUT2D eigenvalue weighted by Gasteiger charge is 2.14. The molecule has 0 aliphatic rings. The lowest BCUT2D eigenvalue weighted by molar-refractivity contribution is -0.123. The van der Waals surface area contributed by atoms with Crippen LogP contribution in [0.25, 0.3) is 0 Å². The van der Waals surface area contributed by atoms with Gasteiger partial charge in [-0.2, -0.15) is 0 Å². The van der Waals surface area contributed by atoms with Gasteiger partial charge in [0.05, 0.1) is 18.8 Å². The number of rotatable bonds is 8. The second kappa shape index (κ2) is 10.2. The molecule has 2 rings (SSSR count). The topological polar surface area (TPSA) is 61.4 Å². The van der Waals surface area contributed by atoms with Gasteiger partial charge in [-0.05, 0) is 64.8 Å². The summed E-state index contributed by atoms with van der Waals surface area (Å²) in [7, 11) is 0. The van der Waals surface area contributed by atoms with Crippen LogP contribution < -0.4 is 10.6 Å². The van der Waals surface area contributed by atoms with Crippen LogP contribution >= 0.6 is 15.9 Å². The summed E-state index contributed by atoms with van der Waals surface area (Å²) >= 11 is 3.43. The van der Waals surface area contributed by atoms with Gasteiger partial charge in [-0.3, -0.25) is 14.5 Å². The summed E-state index contributed by atoms with van der Waals surface area (Å²) in [5.41, 5.74) is 2.60. The van der Waals surface area contributed by atoms with Gasteiger partial charge in [-0.1, -0.05) is 25.1 Å². The maximum absolute atomic E-state index is 12.9. The fourth-order valence-electron chi connectivity index (χ4n) is 2.46. The first kappa shape index (κ1) is 21.1. The summed E-state index contributed by atoms with van der Waals surface area (Å²) in [6.45, 7) is 4.97. The highest BCUT2D eigenvalue weighted by Crippen LogP contribution is 2.23. The molecule has 2 amide bonds. The van der Waals surface area contributed by atoms with E-state index in [1.54, 1.807) is 17.0 Å². The molecule has 144 valence electrons. The van der Waals surface area contributed by atoms with E-state index in [-0.39, 0.29) is 30.7 Å². The minimum atomic E-state index is -0.312. The number of hydrogen-bond acceptors (Lipinski definition) is 3. The Hall–Kier alpha value is -2.25. The number of carbonyl (C=O) groups excluding carboxylic acids is 2. The minimum Gasteiger partial charge on any atom is -0.351 e. The lowest BCUT2D eigenvalue weighted by Gasteiger charge is -2.19. The van der Waals surface area contributed by atoms with Crippen LogP contribution in [0.5, 0.6) is 0 Å². The molecule has 0 unspecified atom stereocenters. The predicted molar refractivity (Wildman–Crippen MR) is 108 cm³/mol. The molecular formula is C20H23BrFN3O2. The van der Waals surface area contributed by atoms with Gasteiger partial charge < -0.3 is 10.6 Å². The van der Waals surface area contributed by atoms with Crippen molar-refractivity contribution >= 4 is 33.4 Å². The summed E-state index contributed by atoms with van der Waals surface area (Å²) in [5.74, 6) is -0.688. The van der Waals surface area contributed by atoms with Gasteiger partial charge in [-0.25, -0.2) is 4.39 Å². The van der Waals surface area contributed by atoms with E-state index in [9.17, 15) is 14.0 Å². The average Bonchev–Trinajstić information content (AvgIpc) is 2.63. The summed E-state index contributed by atoms with van der Waals surface area (Å²) < 4.78 is 13.7. The Kier molecular flexibility index (Phi) is 7.94. The molecule has 2 aromatic carbocycles. The van der Waals surface area contributed by atoms with Gasteiger partial charge in [-0.15, -0.1) is 0 Å². The van der Waals surface area contributed by atoms with E-state index in [0.29, 0.717) is 18.8 Å². The molecule has 0 saturated carbocycles. The SMILES string of the molecule is CCN(CC(=O)NCc1ccc(F)cc1)CC(=O)Nc1ccc(C)cc1Br. The highest BCUT2D eigenvalue weighted by molar-refractivity contribution is 9.10. The average molecular weight is 436 g/mol. The summed E-state index contributed by atoms with van der Waals surface area (Å²) in [6, 6.07) is 11.6. The maximum atomic E-state index is 12.9. The van der Waals surface area contributed by atoms with Crippen molar-refractivity contribution in [3.05, 3.63) is 63.9 Å². The molecule has 0 aliphatic heterocycles. The lowest BCUT2D eigenvalue weighted by atomic mass is 10.2. The monoisotopic (exact) mass is 435 g/mol. The molecule has 0 bridgehead atoms. The Bertz CT molecular complexity index is 796. The largest absolute Gasteiger partial charge is 0.351 e. The van der Waals surface area contributed by atoms with Gasteiger partial charge in [0, 0.05) is 11.0 Å². The highest BCUT2D eigenvalue weighted by atomic mass is 79.9. The molecule has 0 saturated heterocycles. The Morgan fingerprint density at radius 1 is 1.07 bits per heavy atom. The number of hydrogen-bond donors (Lipinski definition) is 2. The number of anilines is 1. The van der Waals surface area contributed by atoms with Crippen molar-refractivity contribution in [3.63, 3.8) is 0 Å². The third kappa shape index (κ3) is 7.11. The molecule has 0 spiro atoms. The van der Waals surface area contributed by atoms with Crippen molar-refractivity contribution in [2.45, 2.75) is 20.4 Å². The second-order valence-electron chi connectivity index (χ2n) is 6.24. The second-order valence-corrected chi connectivity index (χ2v) is 7.09. The Morgan fingerprint density at radius 3 is 2.37 bits per heavy atom. The molecule has 0 atom stereocenters. The first-order valence-corrected chi connectivity index (χ1v) is 9.46. The quantitative estimate of drug-likeness (QED) is 0.667. The summed E-state index contributed by atoms with van der Waals surface area (Å²) in [4.78, 5) is 26.1. The molecule has 7 heteroatoms. The van der Waals surface area contributed by atoms with Crippen LogP contribution in [-0.4, -0.2) is 36.3 Å². The molecule has 2 aromatic rings. The number of aryl methyl sites for hydroxylation is 1. The van der Waals surface area contributed by atoms with Crippen molar-refractivity contribution in [1.82, 2.24) is 10.2 Å². The zero-order chi connectivity index (χ0) is 19.8. The Balaban J connectivity index is 1.82. The van der Waals surface area contributed by atoms with Crippen LogP contribution in [0.4, 0.5) is 10.1 Å². The fraction of sp³-hybridized carbons (Fsp3) is 0.300. The van der Waals surface area contributed by atoms with E-state index in [0.717, 1.165) is 15.6 Å². The third-order valence-electron chi connectivity index (χ3n) is 3.98. The van der Waals surface area contributed by atoms with Gasteiger partial charge in [0.25, 0.3) is 0 Å². The molecule has 0 radical (unpaired) electrons. The molecule has 27 heavy (non-hydrogen) atoms. The van der Waals surface area contributed by atoms with E-state index in [2.05, 4.69) is 26.6 Å².